The van der Waals surface area contributed by atoms with Crippen LogP contribution in [0.5, 0.6) is 0 Å². The highest BCUT2D eigenvalue weighted by Gasteiger charge is 2.58. The van der Waals surface area contributed by atoms with E-state index in [0.717, 1.165) is 25.7 Å². The Morgan fingerprint density at radius 2 is 1.76 bits per heavy atom. The van der Waals surface area contributed by atoms with E-state index < -0.39 is 30.4 Å². The molecule has 3 rings (SSSR count). The molecule has 0 aromatic rings. The van der Waals surface area contributed by atoms with Crippen molar-refractivity contribution in [3.8, 4) is 0 Å². The number of aliphatic hydroxyl groups is 2. The minimum atomic E-state index is -0.985. The fraction of sp³-hybridized carbons (Fsp3) is 1.00. The topological polar surface area (TPSA) is 68.2 Å². The van der Waals surface area contributed by atoms with Crippen molar-refractivity contribution in [2.24, 2.45) is 0 Å². The SMILES string of the molecule is CC(O)C1OC(O)[C@@H]2OC3(CCCCC3)O[C@H]12. The van der Waals surface area contributed by atoms with Crippen LogP contribution in [-0.2, 0) is 14.2 Å². The van der Waals surface area contributed by atoms with Gasteiger partial charge in [0.2, 0.25) is 0 Å². The molecule has 1 saturated carbocycles. The Bertz CT molecular complexity index is 287. The van der Waals surface area contributed by atoms with Crippen LogP contribution < -0.4 is 0 Å². The first-order chi connectivity index (χ1) is 8.11. The van der Waals surface area contributed by atoms with Crippen LogP contribution in [0.25, 0.3) is 0 Å². The van der Waals surface area contributed by atoms with Crippen LogP contribution in [0.3, 0.4) is 0 Å². The second kappa shape index (κ2) is 4.17. The zero-order chi connectivity index (χ0) is 12.0. The minimum absolute atomic E-state index is 0.344. The van der Waals surface area contributed by atoms with Crippen LogP contribution >= 0.6 is 0 Å². The van der Waals surface area contributed by atoms with Crippen molar-refractivity contribution in [1.29, 1.82) is 0 Å². The van der Waals surface area contributed by atoms with E-state index in [2.05, 4.69) is 0 Å². The maximum atomic E-state index is 9.79. The summed E-state index contributed by atoms with van der Waals surface area (Å²) >= 11 is 0. The highest BCUT2D eigenvalue weighted by molar-refractivity contribution is 4.98. The lowest BCUT2D eigenvalue weighted by atomic mass is 9.94. The standard InChI is InChI=1S/C12H20O5/c1-7(13)8-9-10(11(14)15-8)17-12(16-9)5-3-2-4-6-12/h7-11,13-14H,2-6H2,1H3/t7?,8?,9-,10-,11?/m1/s1. The summed E-state index contributed by atoms with van der Waals surface area (Å²) in [4.78, 5) is 0. The van der Waals surface area contributed by atoms with Gasteiger partial charge < -0.3 is 24.4 Å². The predicted octanol–water partition coefficient (Wildman–Crippen LogP) is 0.529. The van der Waals surface area contributed by atoms with Crippen LogP contribution in [0, 0.1) is 0 Å². The van der Waals surface area contributed by atoms with Gasteiger partial charge in [-0.25, -0.2) is 0 Å². The summed E-state index contributed by atoms with van der Waals surface area (Å²) in [5, 5.41) is 19.4. The minimum Gasteiger partial charge on any atom is -0.391 e. The second-order valence-electron chi connectivity index (χ2n) is 5.37. The van der Waals surface area contributed by atoms with E-state index in [9.17, 15) is 10.2 Å². The monoisotopic (exact) mass is 244 g/mol. The third kappa shape index (κ3) is 1.90. The largest absolute Gasteiger partial charge is 0.391 e. The van der Waals surface area contributed by atoms with Gasteiger partial charge in [0.1, 0.15) is 18.3 Å². The molecule has 2 saturated heterocycles. The lowest BCUT2D eigenvalue weighted by Gasteiger charge is -2.33. The van der Waals surface area contributed by atoms with Crippen molar-refractivity contribution in [1.82, 2.24) is 0 Å². The van der Waals surface area contributed by atoms with Crippen LogP contribution in [0.1, 0.15) is 39.0 Å². The van der Waals surface area contributed by atoms with Crippen molar-refractivity contribution >= 4 is 0 Å². The van der Waals surface area contributed by atoms with Gasteiger partial charge in [-0.15, -0.1) is 0 Å². The molecule has 3 fully saturated rings. The molecule has 5 heteroatoms. The lowest BCUT2D eigenvalue weighted by molar-refractivity contribution is -0.253. The summed E-state index contributed by atoms with van der Waals surface area (Å²) in [7, 11) is 0. The Morgan fingerprint density at radius 3 is 2.41 bits per heavy atom. The second-order valence-corrected chi connectivity index (χ2v) is 5.37. The highest BCUT2D eigenvalue weighted by Crippen LogP contribution is 2.45. The number of rotatable bonds is 1. The molecular formula is C12H20O5. The van der Waals surface area contributed by atoms with E-state index in [1.165, 1.54) is 6.42 Å². The first kappa shape index (κ1) is 11.9. The number of hydrogen-bond donors (Lipinski definition) is 2. The number of hydrogen-bond acceptors (Lipinski definition) is 5. The molecule has 17 heavy (non-hydrogen) atoms. The van der Waals surface area contributed by atoms with Gasteiger partial charge in [-0.05, 0) is 19.8 Å². The highest BCUT2D eigenvalue weighted by atomic mass is 16.8. The lowest BCUT2D eigenvalue weighted by Crippen LogP contribution is -2.39. The molecule has 2 N–H and O–H groups in total. The van der Waals surface area contributed by atoms with Gasteiger partial charge in [0, 0.05) is 12.8 Å². The van der Waals surface area contributed by atoms with E-state index in [1.54, 1.807) is 6.92 Å². The molecule has 0 aromatic carbocycles. The van der Waals surface area contributed by atoms with Crippen molar-refractivity contribution in [3.63, 3.8) is 0 Å². The normalized spacial score (nSPS) is 46.1. The first-order valence-electron chi connectivity index (χ1n) is 6.49. The molecule has 1 spiro atoms. The van der Waals surface area contributed by atoms with E-state index in [4.69, 9.17) is 14.2 Å². The molecular weight excluding hydrogens is 224 g/mol. The van der Waals surface area contributed by atoms with Gasteiger partial charge >= 0.3 is 0 Å². The van der Waals surface area contributed by atoms with Crippen molar-refractivity contribution in [2.45, 2.75) is 75.5 Å². The van der Waals surface area contributed by atoms with Crippen molar-refractivity contribution in [3.05, 3.63) is 0 Å². The zero-order valence-corrected chi connectivity index (χ0v) is 10.0. The van der Waals surface area contributed by atoms with Crippen LogP contribution in [0.2, 0.25) is 0 Å². The summed E-state index contributed by atoms with van der Waals surface area (Å²) in [6.45, 7) is 1.65. The molecule has 2 aliphatic heterocycles. The molecule has 0 aromatic heterocycles. The van der Waals surface area contributed by atoms with Crippen LogP contribution in [-0.4, -0.2) is 46.7 Å². The quantitative estimate of drug-likeness (QED) is 0.704. The molecule has 0 bridgehead atoms. The van der Waals surface area contributed by atoms with Gasteiger partial charge in [0.15, 0.2) is 12.1 Å². The molecule has 5 nitrogen and oxygen atoms in total. The Labute approximate surface area is 101 Å². The van der Waals surface area contributed by atoms with Gasteiger partial charge in [-0.2, -0.15) is 0 Å². The summed E-state index contributed by atoms with van der Waals surface area (Å²) in [5.41, 5.74) is 0. The zero-order valence-electron chi connectivity index (χ0n) is 10.0. The predicted molar refractivity (Wildman–Crippen MR) is 58.1 cm³/mol. The Kier molecular flexibility index (Phi) is 2.91. The maximum Gasteiger partial charge on any atom is 0.184 e. The number of fused-ring (bicyclic) bond motifs is 1. The van der Waals surface area contributed by atoms with E-state index >= 15 is 0 Å². The Balaban J connectivity index is 1.77. The Morgan fingerprint density at radius 1 is 1.12 bits per heavy atom. The van der Waals surface area contributed by atoms with Crippen LogP contribution in [0.4, 0.5) is 0 Å². The molecule has 0 radical (unpaired) electrons. The maximum absolute atomic E-state index is 9.79. The summed E-state index contributed by atoms with van der Waals surface area (Å²) in [6, 6.07) is 0. The summed E-state index contributed by atoms with van der Waals surface area (Å²) in [5.74, 6) is -0.536. The molecule has 2 heterocycles. The molecule has 0 amide bonds. The van der Waals surface area contributed by atoms with Gasteiger partial charge in [0.25, 0.3) is 0 Å². The number of ether oxygens (including phenoxy) is 3. The average Bonchev–Trinajstić information content (AvgIpc) is 2.78. The van der Waals surface area contributed by atoms with Crippen molar-refractivity contribution < 1.29 is 24.4 Å². The summed E-state index contributed by atoms with van der Waals surface area (Å²) in [6.07, 6.45) is 2.21. The molecule has 98 valence electrons. The third-order valence-corrected chi connectivity index (χ3v) is 4.02. The van der Waals surface area contributed by atoms with E-state index in [1.807, 2.05) is 0 Å². The van der Waals surface area contributed by atoms with E-state index in [-0.39, 0.29) is 6.10 Å². The third-order valence-electron chi connectivity index (χ3n) is 4.02. The number of aliphatic hydroxyl groups excluding tert-OH is 2. The van der Waals surface area contributed by atoms with Gasteiger partial charge in [-0.3, -0.25) is 0 Å². The Hall–Kier alpha value is -0.200. The smallest absolute Gasteiger partial charge is 0.184 e. The van der Waals surface area contributed by atoms with Crippen molar-refractivity contribution in [2.75, 3.05) is 0 Å². The van der Waals surface area contributed by atoms with Gasteiger partial charge in [-0.1, -0.05) is 6.42 Å². The first-order valence-corrected chi connectivity index (χ1v) is 6.49. The average molecular weight is 244 g/mol. The summed E-state index contributed by atoms with van der Waals surface area (Å²) < 4.78 is 17.2. The molecule has 3 aliphatic rings. The fourth-order valence-electron chi connectivity index (χ4n) is 3.16. The van der Waals surface area contributed by atoms with Gasteiger partial charge in [0.05, 0.1) is 6.10 Å². The fourth-order valence-corrected chi connectivity index (χ4v) is 3.16. The molecule has 1 aliphatic carbocycles. The van der Waals surface area contributed by atoms with E-state index in [0.29, 0.717) is 0 Å². The molecule has 3 unspecified atom stereocenters. The molecule has 5 atom stereocenters. The van der Waals surface area contributed by atoms with Crippen LogP contribution in [0.15, 0.2) is 0 Å².